The molecule has 0 radical (unpaired) electrons. The van der Waals surface area contributed by atoms with Crippen molar-refractivity contribution < 1.29 is 14.3 Å². The van der Waals surface area contributed by atoms with Crippen LogP contribution < -0.4 is 4.74 Å². The summed E-state index contributed by atoms with van der Waals surface area (Å²) in [5, 5.41) is 8.70. The van der Waals surface area contributed by atoms with E-state index in [2.05, 4.69) is 0 Å². The van der Waals surface area contributed by atoms with Gasteiger partial charge >= 0.3 is 5.97 Å². The molecule has 0 atom stereocenters. The summed E-state index contributed by atoms with van der Waals surface area (Å²) in [6.45, 7) is 0.209. The highest BCUT2D eigenvalue weighted by molar-refractivity contribution is 5.72. The second-order valence-corrected chi connectivity index (χ2v) is 4.49. The number of carbonyl (C=O) groups is 1. The Kier molecular flexibility index (Phi) is 4.94. The molecule has 0 aliphatic heterocycles. The van der Waals surface area contributed by atoms with Gasteiger partial charge in [-0.25, -0.2) is 0 Å². The maximum absolute atomic E-state index is 11.8. The zero-order valence-electron chi connectivity index (χ0n) is 11.7. The third kappa shape index (κ3) is 4.36. The number of ether oxygens (including phenoxy) is 2. The van der Waals surface area contributed by atoms with Crippen molar-refractivity contribution in [2.24, 2.45) is 0 Å². The molecule has 2 aromatic rings. The van der Waals surface area contributed by atoms with E-state index >= 15 is 0 Å². The molecule has 106 valence electrons. The molecule has 0 unspecified atom stereocenters. The van der Waals surface area contributed by atoms with Crippen molar-refractivity contribution in [1.29, 1.82) is 5.26 Å². The van der Waals surface area contributed by atoms with E-state index in [1.165, 1.54) is 0 Å². The van der Waals surface area contributed by atoms with Crippen LogP contribution in [0.3, 0.4) is 0 Å². The first kappa shape index (κ1) is 14.6. The van der Waals surface area contributed by atoms with Crippen LogP contribution in [0.1, 0.15) is 16.7 Å². The molecular formula is C17H15NO3. The highest BCUT2D eigenvalue weighted by Gasteiger charge is 2.05. The lowest BCUT2D eigenvalue weighted by Gasteiger charge is -2.06. The van der Waals surface area contributed by atoms with Crippen LogP contribution in [-0.2, 0) is 22.6 Å². The van der Waals surface area contributed by atoms with Crippen LogP contribution in [0.15, 0.2) is 48.5 Å². The van der Waals surface area contributed by atoms with Gasteiger partial charge in [0.25, 0.3) is 0 Å². The van der Waals surface area contributed by atoms with Gasteiger partial charge in [-0.05, 0) is 35.4 Å². The molecule has 21 heavy (non-hydrogen) atoms. The Hall–Kier alpha value is -2.80. The van der Waals surface area contributed by atoms with Crippen LogP contribution in [0.2, 0.25) is 0 Å². The van der Waals surface area contributed by atoms with E-state index in [4.69, 9.17) is 14.7 Å². The van der Waals surface area contributed by atoms with Gasteiger partial charge in [0.2, 0.25) is 0 Å². The Morgan fingerprint density at radius 3 is 2.24 bits per heavy atom. The Morgan fingerprint density at radius 1 is 1.05 bits per heavy atom. The maximum Gasteiger partial charge on any atom is 0.310 e. The predicted molar refractivity (Wildman–Crippen MR) is 77.7 cm³/mol. The van der Waals surface area contributed by atoms with Crippen LogP contribution in [0.25, 0.3) is 0 Å². The number of esters is 1. The molecule has 2 rings (SSSR count). The van der Waals surface area contributed by atoms with Crippen molar-refractivity contribution in [3.8, 4) is 11.8 Å². The molecule has 4 heteroatoms. The topological polar surface area (TPSA) is 59.3 Å². The number of carbonyl (C=O) groups excluding carboxylic acids is 1. The molecule has 4 nitrogen and oxygen atoms in total. The molecule has 0 aliphatic carbocycles. The van der Waals surface area contributed by atoms with Gasteiger partial charge in [-0.15, -0.1) is 0 Å². The number of rotatable bonds is 5. The molecular weight excluding hydrogens is 266 g/mol. The first-order valence-corrected chi connectivity index (χ1v) is 6.49. The fourth-order valence-electron chi connectivity index (χ4n) is 1.80. The SMILES string of the molecule is COc1ccc(CC(=O)OCc2ccc(C#N)cc2)cc1. The third-order valence-electron chi connectivity index (χ3n) is 2.99. The van der Waals surface area contributed by atoms with Crippen LogP contribution in [0, 0.1) is 11.3 Å². The Bertz CT molecular complexity index is 639. The average Bonchev–Trinajstić information content (AvgIpc) is 2.54. The van der Waals surface area contributed by atoms with Gasteiger partial charge in [0.15, 0.2) is 0 Å². The minimum Gasteiger partial charge on any atom is -0.497 e. The summed E-state index contributed by atoms with van der Waals surface area (Å²) in [6, 6.07) is 16.3. The van der Waals surface area contributed by atoms with Gasteiger partial charge in [-0.3, -0.25) is 4.79 Å². The molecule has 0 heterocycles. The highest BCUT2D eigenvalue weighted by Crippen LogP contribution is 2.12. The second kappa shape index (κ2) is 7.11. The van der Waals surface area contributed by atoms with Crippen molar-refractivity contribution in [3.63, 3.8) is 0 Å². The largest absolute Gasteiger partial charge is 0.497 e. The normalized spacial score (nSPS) is 9.71. The fourth-order valence-corrected chi connectivity index (χ4v) is 1.80. The Morgan fingerprint density at radius 2 is 1.67 bits per heavy atom. The summed E-state index contributed by atoms with van der Waals surface area (Å²) in [5.41, 5.74) is 2.32. The zero-order chi connectivity index (χ0) is 15.1. The first-order chi connectivity index (χ1) is 10.2. The predicted octanol–water partition coefficient (Wildman–Crippen LogP) is 2.85. The number of nitriles is 1. The third-order valence-corrected chi connectivity index (χ3v) is 2.99. The van der Waals surface area contributed by atoms with Gasteiger partial charge in [0, 0.05) is 0 Å². The molecule has 2 aromatic carbocycles. The van der Waals surface area contributed by atoms with Gasteiger partial charge in [-0.2, -0.15) is 5.26 Å². The number of hydrogen-bond donors (Lipinski definition) is 0. The van der Waals surface area contributed by atoms with Crippen LogP contribution >= 0.6 is 0 Å². The molecule has 0 spiro atoms. The zero-order valence-corrected chi connectivity index (χ0v) is 11.7. The monoisotopic (exact) mass is 281 g/mol. The lowest BCUT2D eigenvalue weighted by molar-refractivity contribution is -0.144. The van der Waals surface area contributed by atoms with E-state index in [1.54, 1.807) is 31.4 Å². The average molecular weight is 281 g/mol. The van der Waals surface area contributed by atoms with Gasteiger partial charge < -0.3 is 9.47 Å². The van der Waals surface area contributed by atoms with E-state index in [1.807, 2.05) is 30.3 Å². The smallest absolute Gasteiger partial charge is 0.310 e. The molecule has 0 aromatic heterocycles. The van der Waals surface area contributed by atoms with Crippen molar-refractivity contribution in [2.75, 3.05) is 7.11 Å². The summed E-state index contributed by atoms with van der Waals surface area (Å²) in [5.74, 6) is 0.467. The Labute approximate surface area is 123 Å². The van der Waals surface area contributed by atoms with E-state index in [0.29, 0.717) is 5.56 Å². The van der Waals surface area contributed by atoms with E-state index in [9.17, 15) is 4.79 Å². The lowest BCUT2D eigenvalue weighted by Crippen LogP contribution is -2.08. The minimum absolute atomic E-state index is 0.209. The molecule has 0 bridgehead atoms. The summed E-state index contributed by atoms with van der Waals surface area (Å²) in [6.07, 6.45) is 0.222. The summed E-state index contributed by atoms with van der Waals surface area (Å²) in [4.78, 5) is 11.8. The summed E-state index contributed by atoms with van der Waals surface area (Å²) >= 11 is 0. The summed E-state index contributed by atoms with van der Waals surface area (Å²) in [7, 11) is 1.60. The van der Waals surface area contributed by atoms with Crippen molar-refractivity contribution >= 4 is 5.97 Å². The van der Waals surface area contributed by atoms with E-state index < -0.39 is 0 Å². The summed E-state index contributed by atoms with van der Waals surface area (Å²) < 4.78 is 10.3. The highest BCUT2D eigenvalue weighted by atomic mass is 16.5. The standard InChI is InChI=1S/C17H15NO3/c1-20-16-8-6-13(7-9-16)10-17(19)21-12-15-4-2-14(11-18)3-5-15/h2-9H,10,12H2,1H3. The van der Waals surface area contributed by atoms with E-state index in [-0.39, 0.29) is 19.0 Å². The fraction of sp³-hybridized carbons (Fsp3) is 0.176. The molecule has 0 saturated carbocycles. The van der Waals surface area contributed by atoms with Gasteiger partial charge in [0.1, 0.15) is 12.4 Å². The van der Waals surface area contributed by atoms with Gasteiger partial charge in [-0.1, -0.05) is 24.3 Å². The Balaban J connectivity index is 1.84. The van der Waals surface area contributed by atoms with Crippen molar-refractivity contribution in [3.05, 3.63) is 65.2 Å². The lowest BCUT2D eigenvalue weighted by atomic mass is 10.1. The number of benzene rings is 2. The van der Waals surface area contributed by atoms with E-state index in [0.717, 1.165) is 16.9 Å². The number of nitrogens with zero attached hydrogens (tertiary/aromatic N) is 1. The van der Waals surface area contributed by atoms with Crippen LogP contribution in [-0.4, -0.2) is 13.1 Å². The first-order valence-electron chi connectivity index (χ1n) is 6.49. The van der Waals surface area contributed by atoms with Crippen molar-refractivity contribution in [2.45, 2.75) is 13.0 Å². The second-order valence-electron chi connectivity index (χ2n) is 4.49. The molecule has 0 saturated heterocycles. The quantitative estimate of drug-likeness (QED) is 0.791. The maximum atomic E-state index is 11.8. The van der Waals surface area contributed by atoms with Crippen LogP contribution in [0.5, 0.6) is 5.75 Å². The molecule has 0 fully saturated rings. The van der Waals surface area contributed by atoms with Crippen LogP contribution in [0.4, 0.5) is 0 Å². The minimum atomic E-state index is -0.287. The van der Waals surface area contributed by atoms with Gasteiger partial charge in [0.05, 0.1) is 25.2 Å². The molecule has 0 aliphatic rings. The number of methoxy groups -OCH3 is 1. The molecule has 0 amide bonds. The van der Waals surface area contributed by atoms with Crippen molar-refractivity contribution in [1.82, 2.24) is 0 Å². The molecule has 0 N–H and O–H groups in total. The number of hydrogen-bond acceptors (Lipinski definition) is 4.